The maximum Gasteiger partial charge on any atom is 0.321 e. The van der Waals surface area contributed by atoms with Crippen molar-refractivity contribution in [3.8, 4) is 18.1 Å². The molecular formula is C18H19FN4O2. The van der Waals surface area contributed by atoms with E-state index in [1.54, 1.807) is 17.3 Å². The van der Waals surface area contributed by atoms with Gasteiger partial charge in [0.15, 0.2) is 0 Å². The fraction of sp³-hybridized carbons (Fsp3) is 0.333. The van der Waals surface area contributed by atoms with Crippen LogP contribution >= 0.6 is 0 Å². The van der Waals surface area contributed by atoms with Crippen LogP contribution in [0, 0.1) is 18.2 Å². The Hall–Kier alpha value is -3.01. The van der Waals surface area contributed by atoms with Crippen molar-refractivity contribution >= 4 is 11.7 Å². The Balaban J connectivity index is 1.69. The van der Waals surface area contributed by atoms with Gasteiger partial charge in [0, 0.05) is 37.5 Å². The van der Waals surface area contributed by atoms with Crippen LogP contribution in [0.3, 0.4) is 0 Å². The SMILES string of the molecule is C#CCOc1ccc(F)cc1NC(=O)N1CCC[C@H](c2ncc[nH]2)C1. The molecule has 1 aliphatic rings. The molecule has 25 heavy (non-hydrogen) atoms. The number of H-pyrrole nitrogens is 1. The van der Waals surface area contributed by atoms with E-state index in [0.29, 0.717) is 18.8 Å². The molecule has 2 aromatic rings. The predicted molar refractivity (Wildman–Crippen MR) is 91.9 cm³/mol. The summed E-state index contributed by atoms with van der Waals surface area (Å²) in [6.07, 6.45) is 10.5. The normalized spacial score (nSPS) is 17.0. The fourth-order valence-electron chi connectivity index (χ4n) is 2.92. The lowest BCUT2D eigenvalue weighted by molar-refractivity contribution is 0.191. The van der Waals surface area contributed by atoms with Gasteiger partial charge >= 0.3 is 6.03 Å². The van der Waals surface area contributed by atoms with E-state index in [2.05, 4.69) is 21.2 Å². The molecule has 0 spiro atoms. The van der Waals surface area contributed by atoms with E-state index < -0.39 is 5.82 Å². The summed E-state index contributed by atoms with van der Waals surface area (Å²) in [6, 6.07) is 3.63. The monoisotopic (exact) mass is 342 g/mol. The Morgan fingerprint density at radius 2 is 2.44 bits per heavy atom. The highest BCUT2D eigenvalue weighted by Crippen LogP contribution is 2.28. The molecule has 1 saturated heterocycles. The van der Waals surface area contributed by atoms with E-state index in [0.717, 1.165) is 18.7 Å². The van der Waals surface area contributed by atoms with E-state index in [1.807, 2.05) is 0 Å². The third-order valence-electron chi connectivity index (χ3n) is 4.11. The number of imidazole rings is 1. The number of piperidine rings is 1. The first-order valence-electron chi connectivity index (χ1n) is 8.08. The smallest absolute Gasteiger partial charge is 0.321 e. The van der Waals surface area contributed by atoms with Crippen molar-refractivity contribution in [2.45, 2.75) is 18.8 Å². The largest absolute Gasteiger partial charge is 0.479 e. The number of anilines is 1. The van der Waals surface area contributed by atoms with Crippen LogP contribution < -0.4 is 10.1 Å². The van der Waals surface area contributed by atoms with Crippen LogP contribution in [0.2, 0.25) is 0 Å². The summed E-state index contributed by atoms with van der Waals surface area (Å²) in [7, 11) is 0. The minimum atomic E-state index is -0.463. The fourth-order valence-corrected chi connectivity index (χ4v) is 2.92. The zero-order chi connectivity index (χ0) is 17.6. The molecule has 0 aliphatic carbocycles. The topological polar surface area (TPSA) is 70.2 Å². The lowest BCUT2D eigenvalue weighted by atomic mass is 9.98. The number of nitrogens with zero attached hydrogens (tertiary/aromatic N) is 2. The summed E-state index contributed by atoms with van der Waals surface area (Å²) in [5.41, 5.74) is 0.264. The van der Waals surface area contributed by atoms with Gasteiger partial charge in [0.1, 0.15) is 24.0 Å². The van der Waals surface area contributed by atoms with Gasteiger partial charge in [-0.25, -0.2) is 14.2 Å². The number of carbonyl (C=O) groups is 1. The van der Waals surface area contributed by atoms with Crippen LogP contribution in [0.4, 0.5) is 14.9 Å². The van der Waals surface area contributed by atoms with Gasteiger partial charge in [-0.3, -0.25) is 0 Å². The summed E-state index contributed by atoms with van der Waals surface area (Å²) < 4.78 is 18.9. The number of amides is 2. The molecule has 3 rings (SSSR count). The number of likely N-dealkylation sites (tertiary alicyclic amines) is 1. The number of carbonyl (C=O) groups excluding carboxylic acids is 1. The summed E-state index contributed by atoms with van der Waals surface area (Å²) in [4.78, 5) is 21.7. The second-order valence-electron chi connectivity index (χ2n) is 5.82. The van der Waals surface area contributed by atoms with Gasteiger partial charge in [0.25, 0.3) is 0 Å². The number of benzene rings is 1. The number of hydrogen-bond acceptors (Lipinski definition) is 3. The lowest BCUT2D eigenvalue weighted by Crippen LogP contribution is -2.41. The van der Waals surface area contributed by atoms with Crippen LogP contribution in [0.1, 0.15) is 24.6 Å². The van der Waals surface area contributed by atoms with Gasteiger partial charge in [-0.05, 0) is 25.0 Å². The molecule has 7 heteroatoms. The number of nitrogens with one attached hydrogen (secondary N) is 2. The summed E-state index contributed by atoms with van der Waals surface area (Å²) in [6.45, 7) is 1.23. The van der Waals surface area contributed by atoms with E-state index in [-0.39, 0.29) is 24.2 Å². The van der Waals surface area contributed by atoms with Crippen LogP contribution in [0.5, 0.6) is 5.75 Å². The highest BCUT2D eigenvalue weighted by Gasteiger charge is 2.26. The van der Waals surface area contributed by atoms with Crippen molar-refractivity contribution in [1.29, 1.82) is 0 Å². The second kappa shape index (κ2) is 7.71. The van der Waals surface area contributed by atoms with Crippen molar-refractivity contribution in [1.82, 2.24) is 14.9 Å². The van der Waals surface area contributed by atoms with Gasteiger partial charge in [0.2, 0.25) is 0 Å². The Labute approximate surface area is 145 Å². The van der Waals surface area contributed by atoms with Gasteiger partial charge in [-0.2, -0.15) is 0 Å². The highest BCUT2D eigenvalue weighted by molar-refractivity contribution is 5.91. The number of ether oxygens (including phenoxy) is 1. The molecular weight excluding hydrogens is 323 g/mol. The molecule has 0 saturated carbocycles. The lowest BCUT2D eigenvalue weighted by Gasteiger charge is -2.32. The molecule has 2 heterocycles. The van der Waals surface area contributed by atoms with Crippen LogP contribution in [-0.4, -0.2) is 40.6 Å². The van der Waals surface area contributed by atoms with Crippen LogP contribution in [0.15, 0.2) is 30.6 Å². The number of hydrogen-bond donors (Lipinski definition) is 2. The first kappa shape index (κ1) is 16.8. The maximum absolute atomic E-state index is 13.5. The second-order valence-corrected chi connectivity index (χ2v) is 5.82. The van der Waals surface area contributed by atoms with Gasteiger partial charge in [-0.1, -0.05) is 5.92 Å². The molecule has 1 aromatic carbocycles. The standard InChI is InChI=1S/C18H19FN4O2/c1-2-10-25-16-6-5-14(19)11-15(16)22-18(24)23-9-3-4-13(12-23)17-20-7-8-21-17/h1,5-8,11,13H,3-4,9-10,12H2,(H,20,21)(H,22,24)/t13-/m0/s1. The Kier molecular flexibility index (Phi) is 5.19. The first-order valence-corrected chi connectivity index (χ1v) is 8.08. The van der Waals surface area contributed by atoms with Crippen molar-refractivity contribution in [2.24, 2.45) is 0 Å². The van der Waals surface area contributed by atoms with E-state index in [9.17, 15) is 9.18 Å². The molecule has 0 radical (unpaired) electrons. The molecule has 1 fully saturated rings. The number of halogens is 1. The van der Waals surface area contributed by atoms with Gasteiger partial charge < -0.3 is 19.9 Å². The molecule has 1 atom stereocenters. The molecule has 1 aliphatic heterocycles. The zero-order valence-corrected chi connectivity index (χ0v) is 13.7. The summed E-state index contributed by atoms with van der Waals surface area (Å²) in [5, 5.41) is 2.72. The van der Waals surface area contributed by atoms with Crippen LogP contribution in [-0.2, 0) is 0 Å². The molecule has 0 bridgehead atoms. The quantitative estimate of drug-likeness (QED) is 0.839. The minimum absolute atomic E-state index is 0.0405. The summed E-state index contributed by atoms with van der Waals surface area (Å²) in [5.74, 6) is 3.27. The number of aromatic nitrogens is 2. The minimum Gasteiger partial charge on any atom is -0.479 e. The Morgan fingerprint density at radius 3 is 3.20 bits per heavy atom. The van der Waals surface area contributed by atoms with Crippen molar-refractivity contribution in [3.63, 3.8) is 0 Å². The Bertz CT molecular complexity index is 770. The molecule has 1 aromatic heterocycles. The maximum atomic E-state index is 13.5. The van der Waals surface area contributed by atoms with Crippen LogP contribution in [0.25, 0.3) is 0 Å². The van der Waals surface area contributed by atoms with Gasteiger partial charge in [0.05, 0.1) is 5.69 Å². The van der Waals surface area contributed by atoms with E-state index in [1.165, 1.54) is 18.2 Å². The average Bonchev–Trinajstić information content (AvgIpc) is 3.16. The average molecular weight is 342 g/mol. The molecule has 2 N–H and O–H groups in total. The third kappa shape index (κ3) is 4.10. The number of terminal acetylenes is 1. The zero-order valence-electron chi connectivity index (χ0n) is 13.7. The summed E-state index contributed by atoms with van der Waals surface area (Å²) >= 11 is 0. The van der Waals surface area contributed by atoms with Crippen molar-refractivity contribution in [2.75, 3.05) is 25.0 Å². The molecule has 130 valence electrons. The van der Waals surface area contributed by atoms with Gasteiger partial charge in [-0.15, -0.1) is 6.42 Å². The van der Waals surface area contributed by atoms with E-state index in [4.69, 9.17) is 11.2 Å². The first-order chi connectivity index (χ1) is 12.2. The third-order valence-corrected chi connectivity index (χ3v) is 4.11. The van der Waals surface area contributed by atoms with E-state index >= 15 is 0 Å². The molecule has 0 unspecified atom stereocenters. The highest BCUT2D eigenvalue weighted by atomic mass is 19.1. The Morgan fingerprint density at radius 1 is 1.56 bits per heavy atom. The van der Waals surface area contributed by atoms with Crippen molar-refractivity contribution in [3.05, 3.63) is 42.2 Å². The molecule has 2 amide bonds. The number of rotatable bonds is 4. The number of urea groups is 1. The predicted octanol–water partition coefficient (Wildman–Crippen LogP) is 2.97. The number of aromatic amines is 1. The molecule has 6 nitrogen and oxygen atoms in total. The van der Waals surface area contributed by atoms with Crippen molar-refractivity contribution < 1.29 is 13.9 Å².